The number of nitrogens with zero attached hydrogens (tertiary/aromatic N) is 1. The molecule has 2 aliphatic heterocycles. The Morgan fingerprint density at radius 2 is 2.05 bits per heavy atom. The molecule has 0 aromatic heterocycles. The maximum Gasteiger partial charge on any atom is 0.306 e. The van der Waals surface area contributed by atoms with Gasteiger partial charge in [-0.2, -0.15) is 0 Å². The number of aliphatic carboxylic acids is 1. The molecule has 19 heavy (non-hydrogen) atoms. The summed E-state index contributed by atoms with van der Waals surface area (Å²) in [5, 5.41) is 9.30. The minimum Gasteiger partial charge on any atom is -0.481 e. The first-order chi connectivity index (χ1) is 8.98. The van der Waals surface area contributed by atoms with Gasteiger partial charge in [0.2, 0.25) is 0 Å². The molecule has 2 heterocycles. The van der Waals surface area contributed by atoms with Crippen LogP contribution in [0.5, 0.6) is 0 Å². The van der Waals surface area contributed by atoms with E-state index in [0.717, 1.165) is 13.1 Å². The van der Waals surface area contributed by atoms with Crippen LogP contribution in [0.3, 0.4) is 0 Å². The Morgan fingerprint density at radius 3 is 2.58 bits per heavy atom. The summed E-state index contributed by atoms with van der Waals surface area (Å²) in [6.45, 7) is 3.74. The molecule has 0 bridgehead atoms. The number of ether oxygens (including phenoxy) is 1. The molecule has 2 atom stereocenters. The molecule has 0 amide bonds. The Balaban J connectivity index is 1.88. The van der Waals surface area contributed by atoms with Crippen LogP contribution in [0.4, 0.5) is 0 Å². The monoisotopic (exact) mass is 291 g/mol. The lowest BCUT2D eigenvalue weighted by Crippen LogP contribution is -2.38. The number of sulfone groups is 1. The molecule has 2 aliphatic rings. The van der Waals surface area contributed by atoms with E-state index in [0.29, 0.717) is 32.6 Å². The normalized spacial score (nSPS) is 29.2. The second-order valence-corrected chi connectivity index (χ2v) is 7.58. The molecule has 0 spiro atoms. The standard InChI is InChI=1S/C12H21NO5S/c14-12(15)11(10-2-8-19(16,17)9-10)1-3-13-4-6-18-7-5-13/h10-11H,1-9H2,(H,14,15). The van der Waals surface area contributed by atoms with Gasteiger partial charge in [0, 0.05) is 13.1 Å². The lowest BCUT2D eigenvalue weighted by Gasteiger charge is -2.28. The fraction of sp³-hybridized carbons (Fsp3) is 0.917. The summed E-state index contributed by atoms with van der Waals surface area (Å²) in [6.07, 6.45) is 1.01. The van der Waals surface area contributed by atoms with E-state index >= 15 is 0 Å². The van der Waals surface area contributed by atoms with Gasteiger partial charge in [-0.05, 0) is 25.3 Å². The van der Waals surface area contributed by atoms with Crippen molar-refractivity contribution in [3.63, 3.8) is 0 Å². The highest BCUT2D eigenvalue weighted by atomic mass is 32.2. The van der Waals surface area contributed by atoms with Crippen molar-refractivity contribution >= 4 is 15.8 Å². The van der Waals surface area contributed by atoms with E-state index in [2.05, 4.69) is 4.90 Å². The number of carboxylic acids is 1. The van der Waals surface area contributed by atoms with Gasteiger partial charge in [-0.15, -0.1) is 0 Å². The zero-order valence-electron chi connectivity index (χ0n) is 11.0. The second-order valence-electron chi connectivity index (χ2n) is 5.35. The lowest BCUT2D eigenvalue weighted by molar-refractivity contribution is -0.143. The summed E-state index contributed by atoms with van der Waals surface area (Å²) in [5.41, 5.74) is 0. The first-order valence-corrected chi connectivity index (χ1v) is 8.53. The average Bonchev–Trinajstić information content (AvgIpc) is 2.71. The van der Waals surface area contributed by atoms with E-state index in [1.54, 1.807) is 0 Å². The largest absolute Gasteiger partial charge is 0.481 e. The summed E-state index contributed by atoms with van der Waals surface area (Å²) >= 11 is 0. The van der Waals surface area contributed by atoms with Crippen molar-refractivity contribution in [3.8, 4) is 0 Å². The van der Waals surface area contributed by atoms with Gasteiger partial charge in [-0.1, -0.05) is 0 Å². The number of hydrogen-bond acceptors (Lipinski definition) is 5. The quantitative estimate of drug-likeness (QED) is 0.758. The average molecular weight is 291 g/mol. The van der Waals surface area contributed by atoms with E-state index < -0.39 is 21.7 Å². The first-order valence-electron chi connectivity index (χ1n) is 6.71. The highest BCUT2D eigenvalue weighted by molar-refractivity contribution is 7.91. The van der Waals surface area contributed by atoms with Crippen LogP contribution in [-0.2, 0) is 19.4 Å². The number of morpholine rings is 1. The van der Waals surface area contributed by atoms with E-state index in [-0.39, 0.29) is 17.4 Å². The van der Waals surface area contributed by atoms with E-state index in [9.17, 15) is 18.3 Å². The Bertz CT molecular complexity index is 416. The van der Waals surface area contributed by atoms with Gasteiger partial charge in [0.1, 0.15) is 0 Å². The number of carboxylic acid groups (broad SMARTS) is 1. The zero-order chi connectivity index (χ0) is 13.9. The van der Waals surface area contributed by atoms with Crippen LogP contribution in [-0.4, -0.2) is 68.7 Å². The highest BCUT2D eigenvalue weighted by Crippen LogP contribution is 2.28. The van der Waals surface area contributed by atoms with Gasteiger partial charge < -0.3 is 9.84 Å². The lowest BCUT2D eigenvalue weighted by atomic mass is 9.89. The first kappa shape index (κ1) is 14.7. The molecule has 0 radical (unpaired) electrons. The topological polar surface area (TPSA) is 83.9 Å². The van der Waals surface area contributed by atoms with E-state index in [1.807, 2.05) is 0 Å². The predicted molar refractivity (Wildman–Crippen MR) is 69.8 cm³/mol. The van der Waals surface area contributed by atoms with Crippen LogP contribution in [0.25, 0.3) is 0 Å². The predicted octanol–water partition coefficient (Wildman–Crippen LogP) is -0.156. The van der Waals surface area contributed by atoms with Crippen molar-refractivity contribution in [3.05, 3.63) is 0 Å². The number of rotatable bonds is 5. The summed E-state index contributed by atoms with van der Waals surface area (Å²) in [4.78, 5) is 13.5. The molecular weight excluding hydrogens is 270 g/mol. The number of carbonyl (C=O) groups is 1. The number of hydrogen-bond donors (Lipinski definition) is 1. The third-order valence-electron chi connectivity index (χ3n) is 4.01. The summed E-state index contributed by atoms with van der Waals surface area (Å²) < 4.78 is 28.2. The molecule has 1 N–H and O–H groups in total. The maximum atomic E-state index is 11.5. The minimum atomic E-state index is -3.01. The molecule has 0 aliphatic carbocycles. The molecule has 0 aromatic carbocycles. The van der Waals surface area contributed by atoms with Crippen molar-refractivity contribution < 1.29 is 23.1 Å². The Kier molecular flexibility index (Phi) is 4.81. The van der Waals surface area contributed by atoms with Gasteiger partial charge in [0.15, 0.2) is 9.84 Å². The van der Waals surface area contributed by atoms with Crippen LogP contribution >= 0.6 is 0 Å². The summed E-state index contributed by atoms with van der Waals surface area (Å²) in [6, 6.07) is 0. The Morgan fingerprint density at radius 1 is 1.37 bits per heavy atom. The van der Waals surface area contributed by atoms with Crippen molar-refractivity contribution in [1.29, 1.82) is 0 Å². The molecule has 6 nitrogen and oxygen atoms in total. The van der Waals surface area contributed by atoms with Crippen LogP contribution in [0.2, 0.25) is 0 Å². The van der Waals surface area contributed by atoms with Crippen LogP contribution in [0.15, 0.2) is 0 Å². The molecule has 2 unspecified atom stereocenters. The molecule has 2 rings (SSSR count). The highest BCUT2D eigenvalue weighted by Gasteiger charge is 2.37. The minimum absolute atomic E-state index is 0.0348. The molecular formula is C12H21NO5S. The maximum absolute atomic E-state index is 11.5. The summed E-state index contributed by atoms with van der Waals surface area (Å²) in [7, 11) is -3.01. The fourth-order valence-electron chi connectivity index (χ4n) is 2.85. The van der Waals surface area contributed by atoms with Gasteiger partial charge in [-0.3, -0.25) is 9.69 Å². The molecule has 110 valence electrons. The summed E-state index contributed by atoms with van der Waals surface area (Å²) in [5.74, 6) is -1.45. The molecule has 0 aromatic rings. The van der Waals surface area contributed by atoms with Gasteiger partial charge in [-0.25, -0.2) is 8.42 Å². The van der Waals surface area contributed by atoms with Crippen LogP contribution < -0.4 is 0 Å². The third kappa shape index (κ3) is 4.15. The van der Waals surface area contributed by atoms with Crippen LogP contribution in [0, 0.1) is 11.8 Å². The van der Waals surface area contributed by atoms with Crippen molar-refractivity contribution in [2.75, 3.05) is 44.4 Å². The molecule has 0 saturated carbocycles. The Labute approximate surface area is 113 Å². The Hall–Kier alpha value is -0.660. The van der Waals surface area contributed by atoms with Crippen molar-refractivity contribution in [2.45, 2.75) is 12.8 Å². The van der Waals surface area contributed by atoms with Crippen molar-refractivity contribution in [1.82, 2.24) is 4.90 Å². The molecule has 2 fully saturated rings. The fourth-order valence-corrected chi connectivity index (χ4v) is 4.73. The van der Waals surface area contributed by atoms with Crippen molar-refractivity contribution in [2.24, 2.45) is 11.8 Å². The van der Waals surface area contributed by atoms with E-state index in [1.165, 1.54) is 0 Å². The zero-order valence-corrected chi connectivity index (χ0v) is 11.8. The molecule has 2 saturated heterocycles. The smallest absolute Gasteiger partial charge is 0.306 e. The van der Waals surface area contributed by atoms with E-state index in [4.69, 9.17) is 4.74 Å². The third-order valence-corrected chi connectivity index (χ3v) is 5.81. The van der Waals surface area contributed by atoms with Gasteiger partial charge in [0.25, 0.3) is 0 Å². The SMILES string of the molecule is O=C(O)C(CCN1CCOCC1)C1CCS(=O)(=O)C1. The van der Waals surface area contributed by atoms with Gasteiger partial charge in [0.05, 0.1) is 30.6 Å². The van der Waals surface area contributed by atoms with Gasteiger partial charge >= 0.3 is 5.97 Å². The van der Waals surface area contributed by atoms with Crippen LogP contribution in [0.1, 0.15) is 12.8 Å². The second kappa shape index (κ2) is 6.19. The molecule has 7 heteroatoms.